The summed E-state index contributed by atoms with van der Waals surface area (Å²) in [6, 6.07) is 8.96. The number of amides is 2. The minimum atomic E-state index is -1.09. The van der Waals surface area contributed by atoms with Gasteiger partial charge in [0.2, 0.25) is 5.91 Å². The Hall–Kier alpha value is -2.41. The van der Waals surface area contributed by atoms with Crippen LogP contribution >= 0.6 is 0 Å². The summed E-state index contributed by atoms with van der Waals surface area (Å²) in [6.45, 7) is 3.00. The second kappa shape index (κ2) is 7.91. The van der Waals surface area contributed by atoms with Gasteiger partial charge in [-0.05, 0) is 44.7 Å². The number of aliphatic carboxylic acids is 1. The van der Waals surface area contributed by atoms with Crippen molar-refractivity contribution in [2.24, 2.45) is 5.41 Å². The minimum Gasteiger partial charge on any atom is -0.481 e. The van der Waals surface area contributed by atoms with Gasteiger partial charge >= 0.3 is 5.97 Å². The van der Waals surface area contributed by atoms with E-state index in [4.69, 9.17) is 4.74 Å². The van der Waals surface area contributed by atoms with Crippen molar-refractivity contribution in [3.05, 3.63) is 35.9 Å². The molecule has 7 heteroatoms. The predicted molar refractivity (Wildman–Crippen MR) is 103 cm³/mol. The number of likely N-dealkylation sites (tertiary alicyclic amines) is 2. The molecule has 1 N–H and O–H groups in total. The van der Waals surface area contributed by atoms with Crippen molar-refractivity contribution in [2.45, 2.75) is 38.1 Å². The maximum atomic E-state index is 13.5. The van der Waals surface area contributed by atoms with E-state index in [0.717, 1.165) is 6.42 Å². The van der Waals surface area contributed by atoms with E-state index in [0.29, 0.717) is 37.9 Å². The minimum absolute atomic E-state index is 0.0650. The monoisotopic (exact) mass is 388 g/mol. The molecule has 2 atom stereocenters. The highest BCUT2D eigenvalue weighted by Gasteiger charge is 2.51. The second-order valence-electron chi connectivity index (χ2n) is 8.05. The SMILES string of the molecule is COCC1(C(=O)O)CCCN(C(=O)C2(C)CCCN2C(=O)c2ccccc2)C1. The molecule has 7 nitrogen and oxygen atoms in total. The van der Waals surface area contributed by atoms with Crippen LogP contribution in [0.3, 0.4) is 0 Å². The largest absolute Gasteiger partial charge is 0.481 e. The Bertz CT molecular complexity index is 748. The van der Waals surface area contributed by atoms with E-state index in [1.165, 1.54) is 7.11 Å². The van der Waals surface area contributed by atoms with Crippen molar-refractivity contribution in [2.75, 3.05) is 33.4 Å². The van der Waals surface area contributed by atoms with Gasteiger partial charge < -0.3 is 19.6 Å². The summed E-state index contributed by atoms with van der Waals surface area (Å²) in [5.74, 6) is -1.27. The number of benzene rings is 1. The fraction of sp³-hybridized carbons (Fsp3) is 0.571. The van der Waals surface area contributed by atoms with Gasteiger partial charge in [-0.3, -0.25) is 14.4 Å². The predicted octanol–water partition coefficient (Wildman–Crippen LogP) is 2.02. The van der Waals surface area contributed by atoms with Gasteiger partial charge in [0.05, 0.1) is 6.61 Å². The standard InChI is InChI=1S/C21H28N2O5/c1-20(10-6-13-23(20)17(24)16-8-4-3-5-9-16)18(25)22-12-7-11-21(14-22,15-28-2)19(26)27/h3-5,8-9H,6-7,10-15H2,1-2H3,(H,26,27). The van der Waals surface area contributed by atoms with Crippen molar-refractivity contribution >= 4 is 17.8 Å². The van der Waals surface area contributed by atoms with Crippen LogP contribution < -0.4 is 0 Å². The number of carbonyl (C=O) groups excluding carboxylic acids is 2. The van der Waals surface area contributed by atoms with Crippen molar-refractivity contribution in [1.82, 2.24) is 9.80 Å². The van der Waals surface area contributed by atoms with Crippen LogP contribution in [0, 0.1) is 5.41 Å². The molecule has 2 aliphatic heterocycles. The number of rotatable bonds is 5. The fourth-order valence-electron chi connectivity index (χ4n) is 4.52. The molecule has 0 bridgehead atoms. The molecule has 1 aromatic rings. The highest BCUT2D eigenvalue weighted by Crippen LogP contribution is 2.36. The zero-order chi connectivity index (χ0) is 20.4. The van der Waals surface area contributed by atoms with E-state index >= 15 is 0 Å². The molecule has 0 spiro atoms. The Kier molecular flexibility index (Phi) is 5.74. The third-order valence-electron chi connectivity index (χ3n) is 6.11. The molecule has 2 fully saturated rings. The molecule has 2 saturated heterocycles. The summed E-state index contributed by atoms with van der Waals surface area (Å²) in [5, 5.41) is 9.76. The Morgan fingerprint density at radius 3 is 2.43 bits per heavy atom. The number of methoxy groups -OCH3 is 1. The molecule has 0 radical (unpaired) electrons. The molecule has 0 aromatic heterocycles. The lowest BCUT2D eigenvalue weighted by Gasteiger charge is -2.44. The zero-order valence-corrected chi connectivity index (χ0v) is 16.5. The maximum Gasteiger partial charge on any atom is 0.313 e. The summed E-state index contributed by atoms with van der Waals surface area (Å²) in [6.07, 6.45) is 2.40. The first-order valence-corrected chi connectivity index (χ1v) is 9.73. The van der Waals surface area contributed by atoms with E-state index in [1.54, 1.807) is 41.0 Å². The van der Waals surface area contributed by atoms with Crippen molar-refractivity contribution in [3.8, 4) is 0 Å². The third kappa shape index (κ3) is 3.51. The number of piperidine rings is 1. The Morgan fingerprint density at radius 1 is 1.11 bits per heavy atom. The number of hydrogen-bond acceptors (Lipinski definition) is 4. The number of hydrogen-bond donors (Lipinski definition) is 1. The van der Waals surface area contributed by atoms with Gasteiger partial charge in [-0.15, -0.1) is 0 Å². The lowest BCUT2D eigenvalue weighted by molar-refractivity contribution is -0.161. The number of ether oxygens (including phenoxy) is 1. The smallest absolute Gasteiger partial charge is 0.313 e. The average Bonchev–Trinajstić information content (AvgIpc) is 3.10. The number of nitrogens with zero attached hydrogens (tertiary/aromatic N) is 2. The van der Waals surface area contributed by atoms with Gasteiger partial charge in [-0.2, -0.15) is 0 Å². The second-order valence-corrected chi connectivity index (χ2v) is 8.05. The summed E-state index contributed by atoms with van der Waals surface area (Å²) >= 11 is 0. The molecule has 2 heterocycles. The van der Waals surface area contributed by atoms with Crippen molar-refractivity contribution in [1.29, 1.82) is 0 Å². The van der Waals surface area contributed by atoms with Crippen molar-refractivity contribution in [3.63, 3.8) is 0 Å². The van der Waals surface area contributed by atoms with Gasteiger partial charge in [-0.1, -0.05) is 18.2 Å². The molecule has 0 saturated carbocycles. The van der Waals surface area contributed by atoms with Crippen LogP contribution in [0.1, 0.15) is 43.0 Å². The lowest BCUT2D eigenvalue weighted by atomic mass is 9.79. The molecule has 28 heavy (non-hydrogen) atoms. The van der Waals surface area contributed by atoms with Gasteiger partial charge in [0.25, 0.3) is 5.91 Å². The number of carbonyl (C=O) groups is 3. The molecular formula is C21H28N2O5. The van der Waals surface area contributed by atoms with Crippen LogP contribution in [0.5, 0.6) is 0 Å². The summed E-state index contributed by atoms with van der Waals surface area (Å²) in [7, 11) is 1.48. The van der Waals surface area contributed by atoms with E-state index in [2.05, 4.69) is 0 Å². The molecular weight excluding hydrogens is 360 g/mol. The zero-order valence-electron chi connectivity index (χ0n) is 16.5. The van der Waals surface area contributed by atoms with Crippen LogP contribution in [0.15, 0.2) is 30.3 Å². The van der Waals surface area contributed by atoms with E-state index in [1.807, 2.05) is 6.07 Å². The fourth-order valence-corrected chi connectivity index (χ4v) is 4.52. The third-order valence-corrected chi connectivity index (χ3v) is 6.11. The topological polar surface area (TPSA) is 87.2 Å². The van der Waals surface area contributed by atoms with Gasteiger partial charge in [0, 0.05) is 32.3 Å². The molecule has 0 aliphatic carbocycles. The Morgan fingerprint density at radius 2 is 1.79 bits per heavy atom. The summed E-state index contributed by atoms with van der Waals surface area (Å²) < 4.78 is 5.16. The molecule has 3 rings (SSSR count). The van der Waals surface area contributed by atoms with Crippen LogP contribution in [0.2, 0.25) is 0 Å². The normalized spacial score (nSPS) is 27.6. The number of carboxylic acid groups (broad SMARTS) is 1. The van der Waals surface area contributed by atoms with E-state index < -0.39 is 16.9 Å². The molecule has 2 unspecified atom stereocenters. The Labute approximate surface area is 165 Å². The first-order valence-electron chi connectivity index (χ1n) is 9.73. The van der Waals surface area contributed by atoms with Gasteiger partial charge in [0.15, 0.2) is 0 Å². The van der Waals surface area contributed by atoms with Crippen LogP contribution in [0.4, 0.5) is 0 Å². The molecule has 2 aliphatic rings. The average molecular weight is 388 g/mol. The molecule has 152 valence electrons. The lowest BCUT2D eigenvalue weighted by Crippen LogP contribution is -2.61. The highest BCUT2D eigenvalue weighted by atomic mass is 16.5. The van der Waals surface area contributed by atoms with Crippen LogP contribution in [-0.2, 0) is 14.3 Å². The maximum absolute atomic E-state index is 13.5. The highest BCUT2D eigenvalue weighted by molar-refractivity contribution is 5.99. The first-order chi connectivity index (χ1) is 13.3. The van der Waals surface area contributed by atoms with Crippen LogP contribution in [-0.4, -0.2) is 71.6 Å². The molecule has 2 amide bonds. The van der Waals surface area contributed by atoms with Crippen LogP contribution in [0.25, 0.3) is 0 Å². The Balaban J connectivity index is 1.83. The van der Waals surface area contributed by atoms with E-state index in [-0.39, 0.29) is 25.0 Å². The van der Waals surface area contributed by atoms with E-state index in [9.17, 15) is 19.5 Å². The first kappa shape index (κ1) is 20.3. The molecule has 1 aromatic carbocycles. The summed E-state index contributed by atoms with van der Waals surface area (Å²) in [4.78, 5) is 41.7. The number of carboxylic acids is 1. The van der Waals surface area contributed by atoms with Gasteiger partial charge in [-0.25, -0.2) is 0 Å². The summed E-state index contributed by atoms with van der Waals surface area (Å²) in [5.41, 5.74) is -1.49. The van der Waals surface area contributed by atoms with Gasteiger partial charge in [0.1, 0.15) is 11.0 Å². The quantitative estimate of drug-likeness (QED) is 0.834. The van der Waals surface area contributed by atoms with Crippen molar-refractivity contribution < 1.29 is 24.2 Å².